The number of rotatable bonds is 2. The van der Waals surface area contributed by atoms with E-state index in [1.807, 2.05) is 0 Å². The van der Waals surface area contributed by atoms with Crippen LogP contribution in [0.25, 0.3) is 16.5 Å². The third-order valence-electron chi connectivity index (χ3n) is 3.94. The van der Waals surface area contributed by atoms with E-state index in [2.05, 4.69) is 61.3 Å². The van der Waals surface area contributed by atoms with E-state index in [-0.39, 0.29) is 0 Å². The summed E-state index contributed by atoms with van der Waals surface area (Å²) in [5.74, 6) is 0.635. The zero-order chi connectivity index (χ0) is 13.4. The second-order valence-electron chi connectivity index (χ2n) is 5.54. The van der Waals surface area contributed by atoms with Crippen LogP contribution in [0.15, 0.2) is 35.9 Å². The summed E-state index contributed by atoms with van der Waals surface area (Å²) in [7, 11) is 0. The first-order valence-electron chi connectivity index (χ1n) is 7.03. The molecule has 2 aromatic rings. The lowest BCUT2D eigenvalue weighted by molar-refractivity contribution is 0.692. The maximum Gasteiger partial charge on any atom is 0.0924 e. The van der Waals surface area contributed by atoms with Gasteiger partial charge in [-0.15, -0.1) is 0 Å². The summed E-state index contributed by atoms with van der Waals surface area (Å²) in [5.41, 5.74) is 6.40. The van der Waals surface area contributed by atoms with E-state index >= 15 is 0 Å². The van der Waals surface area contributed by atoms with Crippen LogP contribution in [0.3, 0.4) is 0 Å². The van der Waals surface area contributed by atoms with Gasteiger partial charge in [0.1, 0.15) is 0 Å². The highest BCUT2D eigenvalue weighted by atomic mass is 15.1. The molecule has 2 nitrogen and oxygen atoms in total. The van der Waals surface area contributed by atoms with E-state index < -0.39 is 0 Å². The fourth-order valence-corrected chi connectivity index (χ4v) is 2.85. The maximum atomic E-state index is 4.29. The highest BCUT2D eigenvalue weighted by Gasteiger charge is 2.12. The zero-order valence-electron chi connectivity index (χ0n) is 11.8. The van der Waals surface area contributed by atoms with Gasteiger partial charge in [-0.25, -0.2) is 0 Å². The van der Waals surface area contributed by atoms with Crippen LogP contribution < -0.4 is 0 Å². The van der Waals surface area contributed by atoms with Crippen LogP contribution in [0, 0.1) is 12.8 Å². The molecule has 0 saturated heterocycles. The summed E-state index contributed by atoms with van der Waals surface area (Å²) >= 11 is 0. The van der Waals surface area contributed by atoms with Crippen LogP contribution in [0.5, 0.6) is 0 Å². The van der Waals surface area contributed by atoms with Crippen molar-refractivity contribution in [2.45, 2.75) is 33.6 Å². The van der Waals surface area contributed by atoms with Crippen molar-refractivity contribution in [2.75, 3.05) is 0 Å². The molecule has 1 aliphatic carbocycles. The van der Waals surface area contributed by atoms with Gasteiger partial charge in [0.15, 0.2) is 0 Å². The van der Waals surface area contributed by atoms with Crippen molar-refractivity contribution in [3.05, 3.63) is 47.2 Å². The molecule has 19 heavy (non-hydrogen) atoms. The Bertz CT molecular complexity index is 674. The van der Waals surface area contributed by atoms with E-state index in [0.717, 1.165) is 17.6 Å². The largest absolute Gasteiger partial charge is 0.282 e. The van der Waals surface area contributed by atoms with Crippen molar-refractivity contribution >= 4 is 16.5 Å². The third kappa shape index (κ3) is 2.23. The topological polar surface area (TPSA) is 28.7 Å². The van der Waals surface area contributed by atoms with Crippen LogP contribution in [0.2, 0.25) is 0 Å². The van der Waals surface area contributed by atoms with Crippen molar-refractivity contribution in [3.63, 3.8) is 0 Å². The molecule has 98 valence electrons. The average molecular weight is 252 g/mol. The third-order valence-corrected chi connectivity index (χ3v) is 3.94. The molecular formula is C17H20N2. The molecule has 1 heterocycles. The summed E-state index contributed by atoms with van der Waals surface area (Å²) in [6.07, 6.45) is 7.09. The number of hydrogen-bond donors (Lipinski definition) is 1. The molecule has 0 bridgehead atoms. The predicted molar refractivity (Wildman–Crippen MR) is 81.0 cm³/mol. The van der Waals surface area contributed by atoms with Crippen molar-refractivity contribution in [1.29, 1.82) is 0 Å². The van der Waals surface area contributed by atoms with Crippen LogP contribution >= 0.6 is 0 Å². The summed E-state index contributed by atoms with van der Waals surface area (Å²) in [6, 6.07) is 6.53. The molecule has 0 radical (unpaired) electrons. The highest BCUT2D eigenvalue weighted by molar-refractivity contribution is 5.87. The molecule has 0 amide bonds. The summed E-state index contributed by atoms with van der Waals surface area (Å²) in [6.45, 7) is 6.61. The average Bonchev–Trinajstić information content (AvgIpc) is 2.79. The van der Waals surface area contributed by atoms with Crippen molar-refractivity contribution in [1.82, 2.24) is 10.2 Å². The number of nitrogens with zero attached hydrogens (tertiary/aromatic N) is 1. The molecule has 1 aromatic heterocycles. The molecule has 1 aliphatic rings. The number of benzene rings is 1. The van der Waals surface area contributed by atoms with Gasteiger partial charge in [-0.05, 0) is 49.0 Å². The van der Waals surface area contributed by atoms with Crippen LogP contribution in [-0.2, 0) is 0 Å². The van der Waals surface area contributed by atoms with Crippen molar-refractivity contribution in [3.8, 4) is 0 Å². The Hall–Kier alpha value is -1.83. The summed E-state index contributed by atoms with van der Waals surface area (Å²) < 4.78 is 0. The number of hydrogen-bond acceptors (Lipinski definition) is 1. The second-order valence-corrected chi connectivity index (χ2v) is 5.54. The van der Waals surface area contributed by atoms with E-state index in [1.54, 1.807) is 5.57 Å². The molecule has 2 heteroatoms. The highest BCUT2D eigenvalue weighted by Crippen LogP contribution is 2.31. The normalized spacial score (nSPS) is 19.4. The lowest BCUT2D eigenvalue weighted by Gasteiger charge is -2.18. The number of aromatic amines is 1. The van der Waals surface area contributed by atoms with Gasteiger partial charge in [0.25, 0.3) is 0 Å². The molecule has 1 aromatic carbocycles. The van der Waals surface area contributed by atoms with Crippen molar-refractivity contribution in [2.24, 2.45) is 5.92 Å². The van der Waals surface area contributed by atoms with Crippen LogP contribution in [-0.4, -0.2) is 10.2 Å². The standard InChI is InChI=1S/C17H20N2/c1-4-13-7-11(2)8-15(9-13)14-5-6-17-16(10-14)12(3)18-19-17/h5-6,8-11H,4,7H2,1-3H3,(H,18,19). The minimum Gasteiger partial charge on any atom is -0.282 e. The molecule has 1 N–H and O–H groups in total. The number of allylic oxidation sites excluding steroid dienone is 4. The molecule has 1 unspecified atom stereocenters. The van der Waals surface area contributed by atoms with E-state index in [4.69, 9.17) is 0 Å². The molecular weight excluding hydrogens is 232 g/mol. The molecule has 0 saturated carbocycles. The Morgan fingerprint density at radius 2 is 2.21 bits per heavy atom. The van der Waals surface area contributed by atoms with Gasteiger partial charge in [0, 0.05) is 11.1 Å². The van der Waals surface area contributed by atoms with Crippen molar-refractivity contribution < 1.29 is 0 Å². The summed E-state index contributed by atoms with van der Waals surface area (Å²) in [5, 5.41) is 8.57. The predicted octanol–water partition coefficient (Wildman–Crippen LogP) is 4.63. The van der Waals surface area contributed by atoms with Gasteiger partial charge in [0.05, 0.1) is 5.52 Å². The smallest absolute Gasteiger partial charge is 0.0924 e. The lowest BCUT2D eigenvalue weighted by atomic mass is 9.87. The van der Waals surface area contributed by atoms with Gasteiger partial charge < -0.3 is 0 Å². The minimum absolute atomic E-state index is 0.635. The van der Waals surface area contributed by atoms with E-state index in [1.165, 1.54) is 22.9 Å². The Labute approximate surface area is 114 Å². The first-order valence-corrected chi connectivity index (χ1v) is 7.03. The Morgan fingerprint density at radius 1 is 1.37 bits per heavy atom. The Balaban J connectivity index is 2.08. The number of fused-ring (bicyclic) bond motifs is 1. The van der Waals surface area contributed by atoms with Gasteiger partial charge in [-0.3, -0.25) is 5.10 Å². The number of nitrogens with one attached hydrogen (secondary N) is 1. The van der Waals surface area contributed by atoms with Gasteiger partial charge >= 0.3 is 0 Å². The number of H-pyrrole nitrogens is 1. The maximum absolute atomic E-state index is 4.29. The lowest BCUT2D eigenvalue weighted by Crippen LogP contribution is -2.00. The van der Waals surface area contributed by atoms with Gasteiger partial charge in [-0.1, -0.05) is 37.6 Å². The minimum atomic E-state index is 0.635. The van der Waals surface area contributed by atoms with Crippen LogP contribution in [0.1, 0.15) is 37.9 Å². The number of aromatic nitrogens is 2. The number of aryl methyl sites for hydroxylation is 1. The Morgan fingerprint density at radius 3 is 3.00 bits per heavy atom. The Kier molecular flexibility index (Phi) is 3.02. The monoisotopic (exact) mass is 252 g/mol. The van der Waals surface area contributed by atoms with Gasteiger partial charge in [-0.2, -0.15) is 5.10 Å². The van der Waals surface area contributed by atoms with Gasteiger partial charge in [0.2, 0.25) is 0 Å². The molecule has 0 spiro atoms. The van der Waals surface area contributed by atoms with E-state index in [0.29, 0.717) is 5.92 Å². The second kappa shape index (κ2) is 4.69. The fourth-order valence-electron chi connectivity index (χ4n) is 2.85. The fraction of sp³-hybridized carbons (Fsp3) is 0.353. The summed E-state index contributed by atoms with van der Waals surface area (Å²) in [4.78, 5) is 0. The first-order chi connectivity index (χ1) is 9.17. The SMILES string of the molecule is CCC1=CC(c2ccc3n[nH]c(C)c3c2)=CC(C)C1. The first kappa shape index (κ1) is 12.2. The molecule has 0 fully saturated rings. The quantitative estimate of drug-likeness (QED) is 0.829. The van der Waals surface area contributed by atoms with Crippen LogP contribution in [0.4, 0.5) is 0 Å². The molecule has 1 atom stereocenters. The zero-order valence-corrected chi connectivity index (χ0v) is 11.8. The van der Waals surface area contributed by atoms with E-state index in [9.17, 15) is 0 Å². The molecule has 0 aliphatic heterocycles. The molecule has 3 rings (SSSR count).